The number of hydrogen-bond acceptors (Lipinski definition) is 3. The van der Waals surface area contributed by atoms with Crippen LogP contribution < -0.4 is 0 Å². The van der Waals surface area contributed by atoms with Gasteiger partial charge in [-0.05, 0) is 19.3 Å². The van der Waals surface area contributed by atoms with E-state index >= 15 is 0 Å². The van der Waals surface area contributed by atoms with Crippen LogP contribution in [0.4, 0.5) is 0 Å². The predicted molar refractivity (Wildman–Crippen MR) is 48.5 cm³/mol. The number of fused-ring (bicyclic) bond motifs is 1. The van der Waals surface area contributed by atoms with Gasteiger partial charge in [-0.2, -0.15) is 0 Å². The van der Waals surface area contributed by atoms with Crippen molar-refractivity contribution in [3.8, 4) is 0 Å². The molecule has 1 aromatic heterocycles. The highest BCUT2D eigenvalue weighted by Gasteiger charge is 2.21. The summed E-state index contributed by atoms with van der Waals surface area (Å²) >= 11 is 0. The quantitative estimate of drug-likeness (QED) is 0.751. The van der Waals surface area contributed by atoms with Gasteiger partial charge < -0.3 is 9.52 Å². The molecule has 0 saturated carbocycles. The molecular weight excluding hydrogens is 166 g/mol. The molecule has 1 unspecified atom stereocenters. The summed E-state index contributed by atoms with van der Waals surface area (Å²) in [4.78, 5) is 4.40. The van der Waals surface area contributed by atoms with Gasteiger partial charge in [-0.25, -0.2) is 4.98 Å². The number of nitrogens with zero attached hydrogens (tertiary/aromatic N) is 1. The van der Waals surface area contributed by atoms with Crippen LogP contribution in [0.5, 0.6) is 0 Å². The lowest BCUT2D eigenvalue weighted by Gasteiger charge is -2.13. The maximum atomic E-state index is 9.41. The van der Waals surface area contributed by atoms with E-state index in [9.17, 15) is 5.11 Å². The van der Waals surface area contributed by atoms with Crippen LogP contribution in [0.2, 0.25) is 0 Å². The highest BCUT2D eigenvalue weighted by molar-refractivity contribution is 5.14. The average molecular weight is 181 g/mol. The van der Waals surface area contributed by atoms with E-state index in [4.69, 9.17) is 4.42 Å². The van der Waals surface area contributed by atoms with Crippen molar-refractivity contribution >= 4 is 0 Å². The second-order valence-corrected chi connectivity index (χ2v) is 3.62. The van der Waals surface area contributed by atoms with E-state index in [-0.39, 0.29) is 6.10 Å². The van der Waals surface area contributed by atoms with Gasteiger partial charge in [-0.15, -0.1) is 0 Å². The van der Waals surface area contributed by atoms with Crippen LogP contribution in [0.25, 0.3) is 0 Å². The van der Waals surface area contributed by atoms with E-state index in [0.29, 0.717) is 6.42 Å². The molecule has 0 bridgehead atoms. The Balaban J connectivity index is 2.18. The van der Waals surface area contributed by atoms with Crippen LogP contribution in [0.3, 0.4) is 0 Å². The molecule has 1 atom stereocenters. The van der Waals surface area contributed by atoms with Crippen LogP contribution in [-0.4, -0.2) is 16.2 Å². The number of aliphatic hydroxyl groups is 1. The summed E-state index contributed by atoms with van der Waals surface area (Å²) in [6.07, 6.45) is 4.07. The molecule has 0 saturated heterocycles. The number of aliphatic hydroxyl groups excluding tert-OH is 1. The zero-order chi connectivity index (χ0) is 9.26. The zero-order valence-corrected chi connectivity index (χ0v) is 7.92. The Morgan fingerprint density at radius 2 is 2.46 bits per heavy atom. The lowest BCUT2D eigenvalue weighted by molar-refractivity contribution is 0.149. The second kappa shape index (κ2) is 3.50. The van der Waals surface area contributed by atoms with Crippen molar-refractivity contribution in [2.24, 2.45) is 0 Å². The number of rotatable bonds is 2. The van der Waals surface area contributed by atoms with E-state index < -0.39 is 0 Å². The van der Waals surface area contributed by atoms with Gasteiger partial charge in [0.2, 0.25) is 0 Å². The van der Waals surface area contributed by atoms with Gasteiger partial charge in [0, 0.05) is 12.8 Å². The highest BCUT2D eigenvalue weighted by atomic mass is 16.4. The van der Waals surface area contributed by atoms with Crippen molar-refractivity contribution < 1.29 is 9.52 Å². The molecule has 13 heavy (non-hydrogen) atoms. The summed E-state index contributed by atoms with van der Waals surface area (Å²) in [6, 6.07) is 0. The molecule has 0 amide bonds. The minimum atomic E-state index is -0.227. The molecule has 2 rings (SSSR count). The molecule has 0 aliphatic heterocycles. The molecule has 0 aromatic carbocycles. The highest BCUT2D eigenvalue weighted by Crippen LogP contribution is 2.22. The third-order valence-electron chi connectivity index (χ3n) is 2.42. The summed E-state index contributed by atoms with van der Waals surface area (Å²) < 4.78 is 5.55. The molecule has 3 heteroatoms. The molecule has 1 aliphatic carbocycles. The Labute approximate surface area is 77.8 Å². The lowest BCUT2D eigenvalue weighted by atomic mass is 10.00. The van der Waals surface area contributed by atoms with Gasteiger partial charge in [0.25, 0.3) is 0 Å². The molecule has 0 fully saturated rings. The molecule has 1 heterocycles. The zero-order valence-electron chi connectivity index (χ0n) is 7.92. The fourth-order valence-electron chi connectivity index (χ4n) is 1.73. The molecule has 0 spiro atoms. The predicted octanol–water partition coefficient (Wildman–Crippen LogP) is 1.48. The Morgan fingerprint density at radius 1 is 1.62 bits per heavy atom. The Hall–Kier alpha value is -0.830. The van der Waals surface area contributed by atoms with Crippen LogP contribution in [0.15, 0.2) is 4.42 Å². The fourth-order valence-corrected chi connectivity index (χ4v) is 1.73. The number of oxazole rings is 1. The van der Waals surface area contributed by atoms with Gasteiger partial charge in [0.05, 0.1) is 11.8 Å². The van der Waals surface area contributed by atoms with Crippen LogP contribution >= 0.6 is 0 Å². The minimum absolute atomic E-state index is 0.227. The summed E-state index contributed by atoms with van der Waals surface area (Å²) in [5.74, 6) is 1.74. The molecule has 1 aromatic rings. The van der Waals surface area contributed by atoms with Crippen molar-refractivity contribution in [2.45, 2.75) is 45.1 Å². The first-order valence-corrected chi connectivity index (χ1v) is 4.95. The smallest absolute Gasteiger partial charge is 0.194 e. The Kier molecular flexibility index (Phi) is 2.36. The van der Waals surface area contributed by atoms with Crippen molar-refractivity contribution in [3.05, 3.63) is 17.3 Å². The van der Waals surface area contributed by atoms with Crippen LogP contribution in [0.1, 0.15) is 37.1 Å². The van der Waals surface area contributed by atoms with Gasteiger partial charge in [-0.1, -0.05) is 6.92 Å². The molecule has 1 aliphatic rings. The number of aromatic nitrogens is 1. The van der Waals surface area contributed by atoms with Gasteiger partial charge in [-0.3, -0.25) is 0 Å². The third-order valence-corrected chi connectivity index (χ3v) is 2.42. The van der Waals surface area contributed by atoms with Crippen molar-refractivity contribution in [3.63, 3.8) is 0 Å². The summed E-state index contributed by atoms with van der Waals surface area (Å²) in [5, 5.41) is 9.41. The summed E-state index contributed by atoms with van der Waals surface area (Å²) in [7, 11) is 0. The maximum Gasteiger partial charge on any atom is 0.194 e. The Bertz CT molecular complexity index is 293. The normalized spacial score (nSPS) is 21.5. The van der Waals surface area contributed by atoms with Crippen molar-refractivity contribution in [2.75, 3.05) is 0 Å². The van der Waals surface area contributed by atoms with E-state index in [2.05, 4.69) is 11.9 Å². The first-order chi connectivity index (χ1) is 6.29. The SMILES string of the molecule is CCCc1nc2c(o1)CC(O)CC2. The van der Waals surface area contributed by atoms with E-state index in [1.807, 2.05) is 0 Å². The van der Waals surface area contributed by atoms with Crippen LogP contribution in [0, 0.1) is 0 Å². The van der Waals surface area contributed by atoms with Crippen molar-refractivity contribution in [1.29, 1.82) is 0 Å². The lowest BCUT2D eigenvalue weighted by Crippen LogP contribution is -2.17. The van der Waals surface area contributed by atoms with Gasteiger partial charge in [0.15, 0.2) is 5.89 Å². The van der Waals surface area contributed by atoms with E-state index in [1.165, 1.54) is 0 Å². The monoisotopic (exact) mass is 181 g/mol. The molecule has 72 valence electrons. The van der Waals surface area contributed by atoms with Crippen LogP contribution in [-0.2, 0) is 19.3 Å². The summed E-state index contributed by atoms with van der Waals surface area (Å²) in [6.45, 7) is 2.11. The maximum absolute atomic E-state index is 9.41. The average Bonchev–Trinajstić information content (AvgIpc) is 2.46. The fraction of sp³-hybridized carbons (Fsp3) is 0.700. The topological polar surface area (TPSA) is 46.3 Å². The van der Waals surface area contributed by atoms with Gasteiger partial charge >= 0.3 is 0 Å². The first kappa shape index (κ1) is 8.75. The standard InChI is InChI=1S/C10H15NO2/c1-2-3-10-11-8-5-4-7(12)6-9(8)13-10/h7,12H,2-6H2,1H3. The first-order valence-electron chi connectivity index (χ1n) is 4.95. The van der Waals surface area contributed by atoms with E-state index in [1.54, 1.807) is 0 Å². The molecule has 3 nitrogen and oxygen atoms in total. The molecule has 1 N–H and O–H groups in total. The molecular formula is C10H15NO2. The second-order valence-electron chi connectivity index (χ2n) is 3.62. The molecule has 0 radical (unpaired) electrons. The number of hydrogen-bond donors (Lipinski definition) is 1. The third kappa shape index (κ3) is 1.75. The minimum Gasteiger partial charge on any atom is -0.445 e. The largest absolute Gasteiger partial charge is 0.445 e. The number of aryl methyl sites for hydroxylation is 2. The van der Waals surface area contributed by atoms with E-state index in [0.717, 1.165) is 43.0 Å². The Morgan fingerprint density at radius 3 is 3.23 bits per heavy atom. The van der Waals surface area contributed by atoms with Gasteiger partial charge in [0.1, 0.15) is 5.76 Å². The summed E-state index contributed by atoms with van der Waals surface area (Å²) in [5.41, 5.74) is 1.06. The van der Waals surface area contributed by atoms with Crippen molar-refractivity contribution in [1.82, 2.24) is 4.98 Å².